The Hall–Kier alpha value is -0.930. The standard InChI is InChI=1S/C7H8F2N2/c1-5-2-3-10-11(5)6-4-7(6,8)9/h2-3,6H,4H2,1H3. The van der Waals surface area contributed by atoms with Crippen LogP contribution in [-0.4, -0.2) is 15.7 Å². The average molecular weight is 158 g/mol. The van der Waals surface area contributed by atoms with E-state index in [4.69, 9.17) is 0 Å². The molecule has 0 aliphatic heterocycles. The zero-order chi connectivity index (χ0) is 8.06. The number of alkyl halides is 2. The molecule has 0 amide bonds. The average Bonchev–Trinajstić information content (AvgIpc) is 2.38. The van der Waals surface area contributed by atoms with Crippen LogP contribution in [0, 0.1) is 6.92 Å². The minimum Gasteiger partial charge on any atom is -0.261 e. The number of halogens is 2. The summed E-state index contributed by atoms with van der Waals surface area (Å²) in [5, 5.41) is 3.81. The third kappa shape index (κ3) is 0.931. The molecule has 0 radical (unpaired) electrons. The summed E-state index contributed by atoms with van der Waals surface area (Å²) in [5.41, 5.74) is 0.798. The Labute approximate surface area is 62.8 Å². The summed E-state index contributed by atoms with van der Waals surface area (Å²) in [6.45, 7) is 1.78. The van der Waals surface area contributed by atoms with Crippen LogP contribution in [0.5, 0.6) is 0 Å². The van der Waals surface area contributed by atoms with E-state index < -0.39 is 12.0 Å². The summed E-state index contributed by atoms with van der Waals surface area (Å²) in [4.78, 5) is 0. The van der Waals surface area contributed by atoms with Gasteiger partial charge in [-0.2, -0.15) is 5.10 Å². The van der Waals surface area contributed by atoms with Crippen molar-refractivity contribution in [2.75, 3.05) is 0 Å². The number of rotatable bonds is 1. The van der Waals surface area contributed by atoms with Gasteiger partial charge in [0.15, 0.2) is 0 Å². The number of hydrogen-bond donors (Lipinski definition) is 0. The first-order valence-electron chi connectivity index (χ1n) is 3.49. The molecule has 1 saturated carbocycles. The fourth-order valence-corrected chi connectivity index (χ4v) is 1.17. The van der Waals surface area contributed by atoms with Gasteiger partial charge < -0.3 is 0 Å². The van der Waals surface area contributed by atoms with E-state index in [-0.39, 0.29) is 6.42 Å². The lowest BCUT2D eigenvalue weighted by Gasteiger charge is -2.00. The van der Waals surface area contributed by atoms with Gasteiger partial charge in [-0.05, 0) is 13.0 Å². The van der Waals surface area contributed by atoms with Gasteiger partial charge in [0.05, 0.1) is 0 Å². The van der Waals surface area contributed by atoms with Crippen molar-refractivity contribution >= 4 is 0 Å². The Morgan fingerprint density at radius 2 is 2.36 bits per heavy atom. The van der Waals surface area contributed by atoms with E-state index in [9.17, 15) is 8.78 Å². The molecule has 0 bridgehead atoms. The van der Waals surface area contributed by atoms with Crippen molar-refractivity contribution in [3.8, 4) is 0 Å². The number of nitrogens with zero attached hydrogens (tertiary/aromatic N) is 2. The van der Waals surface area contributed by atoms with Gasteiger partial charge in [-0.15, -0.1) is 0 Å². The Morgan fingerprint density at radius 3 is 2.73 bits per heavy atom. The Bertz CT molecular complexity index is 280. The van der Waals surface area contributed by atoms with Crippen molar-refractivity contribution in [1.29, 1.82) is 0 Å². The Morgan fingerprint density at radius 1 is 1.73 bits per heavy atom. The molecule has 1 atom stereocenters. The van der Waals surface area contributed by atoms with Gasteiger partial charge in [0.25, 0.3) is 5.92 Å². The van der Waals surface area contributed by atoms with Crippen molar-refractivity contribution < 1.29 is 8.78 Å². The minimum atomic E-state index is -2.52. The molecule has 1 aromatic heterocycles. The van der Waals surface area contributed by atoms with E-state index in [2.05, 4.69) is 5.10 Å². The molecule has 0 N–H and O–H groups in total. The Balaban J connectivity index is 2.27. The number of hydrogen-bond acceptors (Lipinski definition) is 1. The van der Waals surface area contributed by atoms with Crippen LogP contribution in [0.1, 0.15) is 18.2 Å². The SMILES string of the molecule is Cc1ccnn1C1CC1(F)F. The van der Waals surface area contributed by atoms with E-state index in [1.807, 2.05) is 0 Å². The third-order valence-electron chi connectivity index (χ3n) is 1.96. The highest BCUT2D eigenvalue weighted by atomic mass is 19.3. The summed E-state index contributed by atoms with van der Waals surface area (Å²) in [6.07, 6.45) is 1.49. The normalized spacial score (nSPS) is 27.0. The second-order valence-electron chi connectivity index (χ2n) is 2.90. The van der Waals surface area contributed by atoms with Crippen LogP contribution in [0.4, 0.5) is 8.78 Å². The van der Waals surface area contributed by atoms with Crippen LogP contribution in [0.15, 0.2) is 12.3 Å². The van der Waals surface area contributed by atoms with Gasteiger partial charge in [0.1, 0.15) is 6.04 Å². The number of aromatic nitrogens is 2. The van der Waals surface area contributed by atoms with Crippen LogP contribution in [-0.2, 0) is 0 Å². The Kier molecular flexibility index (Phi) is 1.11. The fourth-order valence-electron chi connectivity index (χ4n) is 1.17. The molecule has 60 valence electrons. The molecule has 0 aromatic carbocycles. The minimum absolute atomic E-state index is 0.0600. The molecule has 11 heavy (non-hydrogen) atoms. The molecule has 1 aromatic rings. The molecule has 1 heterocycles. The zero-order valence-corrected chi connectivity index (χ0v) is 6.09. The van der Waals surface area contributed by atoms with Crippen LogP contribution in [0.25, 0.3) is 0 Å². The predicted molar refractivity (Wildman–Crippen MR) is 35.6 cm³/mol. The highest BCUT2D eigenvalue weighted by Gasteiger charge is 2.59. The first-order chi connectivity index (χ1) is 5.11. The smallest absolute Gasteiger partial charge is 0.261 e. The van der Waals surface area contributed by atoms with Crippen molar-refractivity contribution in [3.63, 3.8) is 0 Å². The molecule has 1 aliphatic rings. The largest absolute Gasteiger partial charge is 0.272 e. The molecule has 2 rings (SSSR count). The van der Waals surface area contributed by atoms with Crippen molar-refractivity contribution in [1.82, 2.24) is 9.78 Å². The van der Waals surface area contributed by atoms with Gasteiger partial charge in [0.2, 0.25) is 0 Å². The third-order valence-corrected chi connectivity index (χ3v) is 1.96. The van der Waals surface area contributed by atoms with E-state index in [1.54, 1.807) is 19.2 Å². The summed E-state index contributed by atoms with van der Waals surface area (Å²) in [6, 6.07) is 1.05. The highest BCUT2D eigenvalue weighted by Crippen LogP contribution is 2.52. The van der Waals surface area contributed by atoms with Crippen LogP contribution >= 0.6 is 0 Å². The van der Waals surface area contributed by atoms with Gasteiger partial charge in [-0.1, -0.05) is 0 Å². The summed E-state index contributed by atoms with van der Waals surface area (Å²) in [7, 11) is 0. The maximum atomic E-state index is 12.5. The molecule has 0 saturated heterocycles. The monoisotopic (exact) mass is 158 g/mol. The van der Waals surface area contributed by atoms with Crippen molar-refractivity contribution in [2.45, 2.75) is 25.3 Å². The van der Waals surface area contributed by atoms with E-state index in [1.165, 1.54) is 4.68 Å². The summed E-state index contributed by atoms with van der Waals surface area (Å²) in [5.74, 6) is -2.52. The van der Waals surface area contributed by atoms with Crippen LogP contribution in [0.3, 0.4) is 0 Å². The number of aryl methyl sites for hydroxylation is 1. The second-order valence-corrected chi connectivity index (χ2v) is 2.90. The maximum Gasteiger partial charge on any atom is 0.272 e. The zero-order valence-electron chi connectivity index (χ0n) is 6.09. The van der Waals surface area contributed by atoms with E-state index in [0.717, 1.165) is 5.69 Å². The quantitative estimate of drug-likeness (QED) is 0.609. The fraction of sp³-hybridized carbons (Fsp3) is 0.571. The topological polar surface area (TPSA) is 17.8 Å². The van der Waals surface area contributed by atoms with E-state index >= 15 is 0 Å². The van der Waals surface area contributed by atoms with Crippen molar-refractivity contribution in [3.05, 3.63) is 18.0 Å². The van der Waals surface area contributed by atoms with Gasteiger partial charge in [-0.25, -0.2) is 8.78 Å². The lowest BCUT2D eigenvalue weighted by atomic mass is 10.5. The van der Waals surface area contributed by atoms with Gasteiger partial charge in [-0.3, -0.25) is 4.68 Å². The molecule has 1 fully saturated rings. The van der Waals surface area contributed by atoms with Crippen LogP contribution in [0.2, 0.25) is 0 Å². The molecule has 0 spiro atoms. The predicted octanol–water partition coefficient (Wildman–Crippen LogP) is 1.77. The van der Waals surface area contributed by atoms with Crippen LogP contribution < -0.4 is 0 Å². The van der Waals surface area contributed by atoms with Gasteiger partial charge in [0, 0.05) is 18.3 Å². The summed E-state index contributed by atoms with van der Waals surface area (Å²) >= 11 is 0. The first kappa shape index (κ1) is 6.76. The molecule has 1 unspecified atom stereocenters. The van der Waals surface area contributed by atoms with Crippen molar-refractivity contribution in [2.24, 2.45) is 0 Å². The lowest BCUT2D eigenvalue weighted by molar-refractivity contribution is 0.0979. The van der Waals surface area contributed by atoms with Gasteiger partial charge >= 0.3 is 0 Å². The maximum absolute atomic E-state index is 12.5. The molecular weight excluding hydrogens is 150 g/mol. The first-order valence-corrected chi connectivity index (χ1v) is 3.49. The van der Waals surface area contributed by atoms with E-state index in [0.29, 0.717) is 0 Å². The molecule has 1 aliphatic carbocycles. The molecule has 4 heteroatoms. The molecule has 2 nitrogen and oxygen atoms in total. The highest BCUT2D eigenvalue weighted by molar-refractivity contribution is 5.07. The summed E-state index contributed by atoms with van der Waals surface area (Å²) < 4.78 is 26.3. The lowest BCUT2D eigenvalue weighted by Crippen LogP contribution is -2.05. The molecular formula is C7H8F2N2. The second kappa shape index (κ2) is 1.81.